The number of hydrogen-bond donors (Lipinski definition) is 4. The van der Waals surface area contributed by atoms with Crippen LogP contribution in [0.2, 0.25) is 0 Å². The molecule has 1 aliphatic heterocycles. The molecule has 0 bridgehead atoms. The Bertz CT molecular complexity index is 919. The highest BCUT2D eigenvalue weighted by Crippen LogP contribution is 2.19. The summed E-state index contributed by atoms with van der Waals surface area (Å²) in [5, 5.41) is 15.6. The number of aryl methyl sites for hydroxylation is 1. The lowest BCUT2D eigenvalue weighted by Crippen LogP contribution is -2.34. The molecule has 28 heavy (non-hydrogen) atoms. The highest BCUT2D eigenvalue weighted by Gasteiger charge is 2.25. The number of rotatable bonds is 6. The highest BCUT2D eigenvalue weighted by molar-refractivity contribution is 7.92. The van der Waals surface area contributed by atoms with E-state index < -0.39 is 16.1 Å². The minimum atomic E-state index is -3.73. The third kappa shape index (κ3) is 5.23. The van der Waals surface area contributed by atoms with Crippen LogP contribution in [-0.2, 0) is 10.0 Å². The molecule has 152 valence electrons. The number of para-hydroxylation sites is 1. The Morgan fingerprint density at radius 1 is 1.14 bits per heavy atom. The third-order valence-electron chi connectivity index (χ3n) is 4.65. The molecule has 0 aromatic heterocycles. The van der Waals surface area contributed by atoms with E-state index in [4.69, 9.17) is 0 Å². The molecular formula is C19H24ClN3O4S. The Morgan fingerprint density at radius 2 is 1.82 bits per heavy atom. The minimum absolute atomic E-state index is 0. The van der Waals surface area contributed by atoms with Gasteiger partial charge in [-0.2, -0.15) is 0 Å². The van der Waals surface area contributed by atoms with Gasteiger partial charge in [-0.15, -0.1) is 12.4 Å². The van der Waals surface area contributed by atoms with Gasteiger partial charge in [-0.1, -0.05) is 18.2 Å². The molecule has 1 saturated heterocycles. The van der Waals surface area contributed by atoms with Crippen LogP contribution in [0.25, 0.3) is 0 Å². The number of aliphatic hydroxyl groups excluding tert-OH is 1. The number of β-amino-alcohol motifs (C(OH)–C–C–N with tert-alkyl or cyclic N) is 1. The fourth-order valence-corrected chi connectivity index (χ4v) is 4.06. The molecule has 2 aromatic carbocycles. The Labute approximate surface area is 171 Å². The molecule has 0 saturated carbocycles. The van der Waals surface area contributed by atoms with E-state index in [0.29, 0.717) is 30.9 Å². The molecule has 0 aliphatic carbocycles. The van der Waals surface area contributed by atoms with Crippen molar-refractivity contribution < 1.29 is 18.3 Å². The molecule has 7 nitrogen and oxygen atoms in total. The summed E-state index contributed by atoms with van der Waals surface area (Å²) in [5.74, 6) is -0.322. The molecule has 1 heterocycles. The monoisotopic (exact) mass is 425 g/mol. The lowest BCUT2D eigenvalue weighted by Gasteiger charge is -2.14. The average Bonchev–Trinajstić information content (AvgIpc) is 3.06. The van der Waals surface area contributed by atoms with Gasteiger partial charge in [-0.05, 0) is 42.8 Å². The zero-order chi connectivity index (χ0) is 19.4. The second kappa shape index (κ2) is 9.38. The van der Waals surface area contributed by atoms with Crippen LogP contribution < -0.4 is 15.4 Å². The van der Waals surface area contributed by atoms with Gasteiger partial charge in [0.15, 0.2) is 0 Å². The van der Waals surface area contributed by atoms with Crippen molar-refractivity contribution in [2.24, 2.45) is 5.92 Å². The van der Waals surface area contributed by atoms with Crippen molar-refractivity contribution >= 4 is 34.0 Å². The molecule has 0 spiro atoms. The molecule has 1 aliphatic rings. The largest absolute Gasteiger partial charge is 0.391 e. The van der Waals surface area contributed by atoms with Crippen LogP contribution in [0.3, 0.4) is 0 Å². The molecule has 2 atom stereocenters. The van der Waals surface area contributed by atoms with Crippen molar-refractivity contribution in [2.75, 3.05) is 24.4 Å². The number of amides is 1. The quantitative estimate of drug-likeness (QED) is 0.561. The Morgan fingerprint density at radius 3 is 2.43 bits per heavy atom. The molecular weight excluding hydrogens is 402 g/mol. The first-order chi connectivity index (χ1) is 12.9. The lowest BCUT2D eigenvalue weighted by molar-refractivity contribution is 0.0927. The van der Waals surface area contributed by atoms with Gasteiger partial charge in [0.05, 0.1) is 16.7 Å². The first kappa shape index (κ1) is 22.2. The van der Waals surface area contributed by atoms with Crippen LogP contribution in [0, 0.1) is 12.8 Å². The lowest BCUT2D eigenvalue weighted by atomic mass is 10.1. The van der Waals surface area contributed by atoms with Gasteiger partial charge in [0.1, 0.15) is 0 Å². The normalized spacial score (nSPS) is 18.9. The van der Waals surface area contributed by atoms with Crippen LogP contribution in [0.1, 0.15) is 15.9 Å². The zero-order valence-corrected chi connectivity index (χ0v) is 17.0. The van der Waals surface area contributed by atoms with Gasteiger partial charge in [0.25, 0.3) is 15.9 Å². The summed E-state index contributed by atoms with van der Waals surface area (Å²) in [4.78, 5) is 12.3. The topological polar surface area (TPSA) is 108 Å². The number of nitrogens with one attached hydrogen (secondary N) is 3. The summed E-state index contributed by atoms with van der Waals surface area (Å²) in [6.45, 7) is 3.37. The molecule has 2 unspecified atom stereocenters. The number of halogens is 1. The van der Waals surface area contributed by atoms with Gasteiger partial charge in [0, 0.05) is 31.1 Å². The van der Waals surface area contributed by atoms with E-state index in [9.17, 15) is 18.3 Å². The van der Waals surface area contributed by atoms with E-state index >= 15 is 0 Å². The van der Waals surface area contributed by atoms with Crippen molar-refractivity contribution in [2.45, 2.75) is 17.9 Å². The van der Waals surface area contributed by atoms with Crippen LogP contribution in [0.5, 0.6) is 0 Å². The number of aliphatic hydroxyl groups is 1. The first-order valence-electron chi connectivity index (χ1n) is 8.72. The second-order valence-electron chi connectivity index (χ2n) is 6.64. The fraction of sp³-hybridized carbons (Fsp3) is 0.316. The summed E-state index contributed by atoms with van der Waals surface area (Å²) >= 11 is 0. The maximum absolute atomic E-state index is 12.5. The Balaban J connectivity index is 0.00000280. The van der Waals surface area contributed by atoms with E-state index in [1.807, 2.05) is 19.1 Å². The second-order valence-corrected chi connectivity index (χ2v) is 8.32. The van der Waals surface area contributed by atoms with Gasteiger partial charge in [-0.25, -0.2) is 8.42 Å². The molecule has 4 N–H and O–H groups in total. The summed E-state index contributed by atoms with van der Waals surface area (Å²) in [6, 6.07) is 12.9. The molecule has 3 rings (SSSR count). The Kier molecular flexibility index (Phi) is 7.42. The minimum Gasteiger partial charge on any atom is -0.391 e. The van der Waals surface area contributed by atoms with Crippen molar-refractivity contribution in [3.05, 3.63) is 59.7 Å². The van der Waals surface area contributed by atoms with Crippen LogP contribution >= 0.6 is 12.4 Å². The number of sulfonamides is 1. The third-order valence-corrected chi connectivity index (χ3v) is 6.03. The Hall–Kier alpha value is -2.13. The predicted molar refractivity (Wildman–Crippen MR) is 110 cm³/mol. The van der Waals surface area contributed by atoms with Crippen molar-refractivity contribution in [3.8, 4) is 0 Å². The summed E-state index contributed by atoms with van der Waals surface area (Å²) in [6.07, 6.45) is -0.467. The maximum Gasteiger partial charge on any atom is 0.261 e. The summed E-state index contributed by atoms with van der Waals surface area (Å²) in [5.41, 5.74) is 1.70. The van der Waals surface area contributed by atoms with Crippen LogP contribution in [0.4, 0.5) is 5.69 Å². The molecule has 9 heteroatoms. The number of carbonyl (C=O) groups excluding carboxylic acids is 1. The van der Waals surface area contributed by atoms with E-state index in [-0.39, 0.29) is 29.1 Å². The zero-order valence-electron chi connectivity index (χ0n) is 15.4. The SMILES string of the molecule is Cc1ccccc1NS(=O)(=O)c1ccc(C(=O)NCC2CNCC2O)cc1.Cl. The smallest absolute Gasteiger partial charge is 0.261 e. The number of carbonyl (C=O) groups is 1. The van der Waals surface area contributed by atoms with Gasteiger partial charge in [0.2, 0.25) is 0 Å². The van der Waals surface area contributed by atoms with E-state index in [1.54, 1.807) is 12.1 Å². The first-order valence-corrected chi connectivity index (χ1v) is 10.2. The van der Waals surface area contributed by atoms with Crippen molar-refractivity contribution in [3.63, 3.8) is 0 Å². The van der Waals surface area contributed by atoms with Gasteiger partial charge >= 0.3 is 0 Å². The van der Waals surface area contributed by atoms with E-state index in [1.165, 1.54) is 24.3 Å². The highest BCUT2D eigenvalue weighted by atomic mass is 35.5. The summed E-state index contributed by atoms with van der Waals surface area (Å²) in [7, 11) is -3.73. The number of benzene rings is 2. The fourth-order valence-electron chi connectivity index (χ4n) is 2.93. The maximum atomic E-state index is 12.5. The van der Waals surface area contributed by atoms with Crippen LogP contribution in [-0.4, -0.2) is 45.2 Å². The molecule has 0 radical (unpaired) electrons. The number of hydrogen-bond acceptors (Lipinski definition) is 5. The number of anilines is 1. The van der Waals surface area contributed by atoms with Crippen molar-refractivity contribution in [1.82, 2.24) is 10.6 Å². The molecule has 1 amide bonds. The van der Waals surface area contributed by atoms with Gasteiger partial charge < -0.3 is 15.7 Å². The average molecular weight is 426 g/mol. The standard InChI is InChI=1S/C19H23N3O4S.ClH/c1-13-4-2-3-5-17(13)22-27(25,26)16-8-6-14(7-9-16)19(24)21-11-15-10-20-12-18(15)23;/h2-9,15,18,20,22-23H,10-12H2,1H3,(H,21,24);1H. The molecule has 1 fully saturated rings. The van der Waals surface area contributed by atoms with E-state index in [2.05, 4.69) is 15.4 Å². The van der Waals surface area contributed by atoms with E-state index in [0.717, 1.165) is 5.56 Å². The molecule has 2 aromatic rings. The van der Waals surface area contributed by atoms with Crippen LogP contribution in [0.15, 0.2) is 53.4 Å². The predicted octanol–water partition coefficient (Wildman–Crippen LogP) is 1.53. The summed E-state index contributed by atoms with van der Waals surface area (Å²) < 4.78 is 27.6. The van der Waals surface area contributed by atoms with Crippen molar-refractivity contribution in [1.29, 1.82) is 0 Å². The van der Waals surface area contributed by atoms with Gasteiger partial charge in [-0.3, -0.25) is 9.52 Å².